The van der Waals surface area contributed by atoms with E-state index in [0.29, 0.717) is 17.2 Å². The Kier molecular flexibility index (Phi) is 6.72. The zero-order valence-corrected chi connectivity index (χ0v) is 21.4. The number of fused-ring (bicyclic) bond motifs is 1. The second kappa shape index (κ2) is 10.1. The largest absolute Gasteiger partial charge is 0.478 e. The highest BCUT2D eigenvalue weighted by molar-refractivity contribution is 6.35. The van der Waals surface area contributed by atoms with Crippen LogP contribution in [0.15, 0.2) is 60.7 Å². The van der Waals surface area contributed by atoms with E-state index in [1.165, 1.54) is 18.2 Å². The third-order valence-electron chi connectivity index (χ3n) is 7.15. The molecule has 0 aliphatic carbocycles. The quantitative estimate of drug-likeness (QED) is 0.420. The van der Waals surface area contributed by atoms with Gasteiger partial charge in [-0.15, -0.1) is 0 Å². The molecule has 0 aromatic heterocycles. The molecule has 2 heterocycles. The predicted molar refractivity (Wildman–Crippen MR) is 146 cm³/mol. The first-order chi connectivity index (χ1) is 18.2. The van der Waals surface area contributed by atoms with Gasteiger partial charge in [0.2, 0.25) is 0 Å². The molecule has 8 nitrogen and oxygen atoms in total. The van der Waals surface area contributed by atoms with E-state index in [9.17, 15) is 24.3 Å². The molecule has 1 saturated heterocycles. The van der Waals surface area contributed by atoms with Crippen molar-refractivity contribution in [1.82, 2.24) is 0 Å². The zero-order chi connectivity index (χ0) is 27.0. The Balaban J connectivity index is 1.51. The lowest BCUT2D eigenvalue weighted by molar-refractivity contribution is 0.0696. The summed E-state index contributed by atoms with van der Waals surface area (Å²) < 4.78 is 0. The van der Waals surface area contributed by atoms with Gasteiger partial charge >= 0.3 is 5.97 Å². The number of imide groups is 1. The molecule has 2 aliphatic rings. The van der Waals surface area contributed by atoms with Crippen LogP contribution in [-0.2, 0) is 0 Å². The van der Waals surface area contributed by atoms with Crippen LogP contribution in [0.4, 0.5) is 17.1 Å². The van der Waals surface area contributed by atoms with Crippen LogP contribution in [-0.4, -0.2) is 41.9 Å². The lowest BCUT2D eigenvalue weighted by Crippen LogP contribution is -2.33. The number of aromatic carboxylic acids is 1. The molecule has 0 atom stereocenters. The van der Waals surface area contributed by atoms with Crippen molar-refractivity contribution < 1.29 is 24.3 Å². The van der Waals surface area contributed by atoms with Gasteiger partial charge in [0, 0.05) is 24.5 Å². The van der Waals surface area contributed by atoms with Gasteiger partial charge in [-0.05, 0) is 79.3 Å². The number of amides is 3. The maximum absolute atomic E-state index is 13.6. The normalized spacial score (nSPS) is 15.1. The SMILES string of the molecule is CC(C)c1ccc(NC(=O)c2cc(N3C(=O)c4ccc(C(=O)O)cc4C3=O)ccc2N2CCCCC2)cc1. The summed E-state index contributed by atoms with van der Waals surface area (Å²) in [6.07, 6.45) is 3.17. The Morgan fingerprint density at radius 2 is 1.53 bits per heavy atom. The van der Waals surface area contributed by atoms with E-state index in [0.717, 1.165) is 48.5 Å². The summed E-state index contributed by atoms with van der Waals surface area (Å²) >= 11 is 0. The molecule has 0 radical (unpaired) electrons. The van der Waals surface area contributed by atoms with E-state index in [1.54, 1.807) is 18.2 Å². The fraction of sp³-hybridized carbons (Fsp3) is 0.267. The summed E-state index contributed by atoms with van der Waals surface area (Å²) in [5.41, 5.74) is 3.27. The number of carbonyl (C=O) groups is 4. The maximum atomic E-state index is 13.6. The second-order valence-electron chi connectivity index (χ2n) is 9.99. The summed E-state index contributed by atoms with van der Waals surface area (Å²) in [5, 5.41) is 12.3. The Labute approximate surface area is 220 Å². The van der Waals surface area contributed by atoms with E-state index in [4.69, 9.17) is 0 Å². The van der Waals surface area contributed by atoms with Crippen LogP contribution in [0.3, 0.4) is 0 Å². The number of benzene rings is 3. The molecule has 8 heteroatoms. The molecule has 3 amide bonds. The highest BCUT2D eigenvalue weighted by atomic mass is 16.4. The molecule has 0 bridgehead atoms. The van der Waals surface area contributed by atoms with Crippen molar-refractivity contribution >= 4 is 40.8 Å². The van der Waals surface area contributed by atoms with Crippen LogP contribution in [0.5, 0.6) is 0 Å². The fourth-order valence-electron chi connectivity index (χ4n) is 5.01. The molecular weight excluding hydrogens is 482 g/mol. The zero-order valence-electron chi connectivity index (χ0n) is 21.4. The monoisotopic (exact) mass is 511 g/mol. The van der Waals surface area contributed by atoms with E-state index in [-0.39, 0.29) is 28.3 Å². The van der Waals surface area contributed by atoms with Crippen LogP contribution in [0.2, 0.25) is 0 Å². The number of nitrogens with one attached hydrogen (secondary N) is 1. The van der Waals surface area contributed by atoms with Gasteiger partial charge in [0.1, 0.15) is 0 Å². The van der Waals surface area contributed by atoms with Crippen LogP contribution in [0.25, 0.3) is 0 Å². The number of hydrogen-bond donors (Lipinski definition) is 2. The molecule has 0 unspecified atom stereocenters. The molecule has 2 N–H and O–H groups in total. The number of rotatable bonds is 6. The minimum absolute atomic E-state index is 0.0336. The number of carboxylic acid groups (broad SMARTS) is 1. The topological polar surface area (TPSA) is 107 Å². The van der Waals surface area contributed by atoms with Crippen LogP contribution < -0.4 is 15.1 Å². The molecule has 3 aromatic rings. The van der Waals surface area contributed by atoms with E-state index in [1.807, 2.05) is 24.3 Å². The minimum Gasteiger partial charge on any atom is -0.478 e. The summed E-state index contributed by atoms with van der Waals surface area (Å²) in [5.74, 6) is -2.32. The average Bonchev–Trinajstić information content (AvgIpc) is 3.18. The minimum atomic E-state index is -1.18. The lowest BCUT2D eigenvalue weighted by atomic mass is 10.0. The lowest BCUT2D eigenvalue weighted by Gasteiger charge is -2.31. The van der Waals surface area contributed by atoms with E-state index < -0.39 is 17.8 Å². The van der Waals surface area contributed by atoms with Crippen LogP contribution in [0, 0.1) is 0 Å². The molecule has 1 fully saturated rings. The van der Waals surface area contributed by atoms with Gasteiger partial charge in [0.05, 0.1) is 27.9 Å². The van der Waals surface area contributed by atoms with E-state index in [2.05, 4.69) is 24.1 Å². The van der Waals surface area contributed by atoms with Gasteiger partial charge in [-0.25, -0.2) is 9.69 Å². The molecule has 0 spiro atoms. The summed E-state index contributed by atoms with van der Waals surface area (Å²) in [4.78, 5) is 54.5. The first-order valence-corrected chi connectivity index (χ1v) is 12.8. The van der Waals surface area contributed by atoms with Gasteiger partial charge in [0.25, 0.3) is 17.7 Å². The number of hydrogen-bond acceptors (Lipinski definition) is 5. The molecule has 2 aliphatic heterocycles. The second-order valence-corrected chi connectivity index (χ2v) is 9.99. The van der Waals surface area contributed by atoms with Crippen molar-refractivity contribution in [1.29, 1.82) is 0 Å². The Bertz CT molecular complexity index is 1440. The number of nitrogens with zero attached hydrogens (tertiary/aromatic N) is 2. The van der Waals surface area contributed by atoms with Crippen molar-refractivity contribution in [2.45, 2.75) is 39.0 Å². The van der Waals surface area contributed by atoms with Crippen molar-refractivity contribution in [2.24, 2.45) is 0 Å². The Morgan fingerprint density at radius 3 is 2.18 bits per heavy atom. The molecule has 194 valence electrons. The maximum Gasteiger partial charge on any atom is 0.335 e. The Morgan fingerprint density at radius 1 is 0.842 bits per heavy atom. The smallest absolute Gasteiger partial charge is 0.335 e. The van der Waals surface area contributed by atoms with Crippen molar-refractivity contribution in [2.75, 3.05) is 28.2 Å². The standard InChI is InChI=1S/C30H29N3O5/c1-18(2)19-6-9-21(10-7-19)31-27(34)25-17-22(11-13-26(25)32-14-4-3-5-15-32)33-28(35)23-12-8-20(30(37)38)16-24(23)29(33)36/h6-13,16-18H,3-5,14-15H2,1-2H3,(H,31,34)(H,37,38). The molecule has 5 rings (SSSR count). The van der Waals surface area contributed by atoms with Crippen LogP contribution >= 0.6 is 0 Å². The summed E-state index contributed by atoms with van der Waals surface area (Å²) in [6, 6.07) is 16.6. The van der Waals surface area contributed by atoms with Gasteiger partial charge in [0.15, 0.2) is 0 Å². The van der Waals surface area contributed by atoms with Crippen LogP contribution in [0.1, 0.15) is 86.0 Å². The molecular formula is C30H29N3O5. The molecule has 3 aromatic carbocycles. The van der Waals surface area contributed by atoms with Crippen molar-refractivity contribution in [3.05, 3.63) is 88.5 Å². The highest BCUT2D eigenvalue weighted by Gasteiger charge is 2.38. The van der Waals surface area contributed by atoms with Crippen molar-refractivity contribution in [3.63, 3.8) is 0 Å². The number of carbonyl (C=O) groups excluding carboxylic acids is 3. The molecule has 38 heavy (non-hydrogen) atoms. The predicted octanol–water partition coefficient (Wildman–Crippen LogP) is 5.55. The molecule has 0 saturated carbocycles. The number of anilines is 3. The van der Waals surface area contributed by atoms with Crippen molar-refractivity contribution in [3.8, 4) is 0 Å². The highest BCUT2D eigenvalue weighted by Crippen LogP contribution is 2.34. The van der Waals surface area contributed by atoms with Gasteiger partial charge in [-0.2, -0.15) is 0 Å². The van der Waals surface area contributed by atoms with Gasteiger partial charge in [-0.3, -0.25) is 14.4 Å². The third-order valence-corrected chi connectivity index (χ3v) is 7.15. The average molecular weight is 512 g/mol. The summed E-state index contributed by atoms with van der Waals surface area (Å²) in [6.45, 7) is 5.83. The van der Waals surface area contributed by atoms with E-state index >= 15 is 0 Å². The number of carboxylic acids is 1. The fourth-order valence-corrected chi connectivity index (χ4v) is 5.01. The number of piperidine rings is 1. The third kappa shape index (κ3) is 4.65. The Hall–Kier alpha value is -4.46. The van der Waals surface area contributed by atoms with Gasteiger partial charge < -0.3 is 15.3 Å². The van der Waals surface area contributed by atoms with Gasteiger partial charge in [-0.1, -0.05) is 26.0 Å². The summed E-state index contributed by atoms with van der Waals surface area (Å²) in [7, 11) is 0. The first kappa shape index (κ1) is 25.2. The first-order valence-electron chi connectivity index (χ1n) is 12.8.